The van der Waals surface area contributed by atoms with Crippen LogP contribution >= 0.6 is 12.2 Å². The molecule has 132 valence electrons. The van der Waals surface area contributed by atoms with Gasteiger partial charge in [0, 0.05) is 6.54 Å². The molecule has 3 rings (SSSR count). The Labute approximate surface area is 154 Å². The second kappa shape index (κ2) is 7.05. The van der Waals surface area contributed by atoms with Gasteiger partial charge in [-0.2, -0.15) is 0 Å². The van der Waals surface area contributed by atoms with E-state index >= 15 is 0 Å². The summed E-state index contributed by atoms with van der Waals surface area (Å²) in [6, 6.07) is 5.37. The lowest BCUT2D eigenvalue weighted by molar-refractivity contribution is -0.128. The van der Waals surface area contributed by atoms with E-state index in [0.29, 0.717) is 11.0 Å². The molecule has 1 aromatic heterocycles. The largest absolute Gasteiger partial charge is 0.463 e. The molecule has 1 aliphatic rings. The van der Waals surface area contributed by atoms with Gasteiger partial charge in [0.15, 0.2) is 10.5 Å². The number of carbonyl (C=O) groups is 2. The van der Waals surface area contributed by atoms with Gasteiger partial charge in [0.05, 0.1) is 10.9 Å². The molecule has 1 aromatic carbocycles. The van der Waals surface area contributed by atoms with Gasteiger partial charge in [0.1, 0.15) is 17.4 Å². The number of amides is 2. The molecule has 7 heteroatoms. The zero-order valence-corrected chi connectivity index (χ0v) is 14.9. The zero-order valence-electron chi connectivity index (χ0n) is 14.1. The predicted octanol–water partition coefficient (Wildman–Crippen LogP) is 2.17. The third kappa shape index (κ3) is 3.09. The van der Waals surface area contributed by atoms with Crippen molar-refractivity contribution < 1.29 is 14.0 Å². The van der Waals surface area contributed by atoms with Crippen molar-refractivity contribution in [1.29, 1.82) is 0 Å². The number of nitrogens with zero attached hydrogens (tertiary/aromatic N) is 1. The van der Waals surface area contributed by atoms with E-state index in [0.717, 1.165) is 12.0 Å². The minimum absolute atomic E-state index is 0.00943. The van der Waals surface area contributed by atoms with E-state index < -0.39 is 11.8 Å². The second-order valence-electron chi connectivity index (χ2n) is 5.73. The number of fused-ring (bicyclic) bond motifs is 1. The number of hydrogen-bond acceptors (Lipinski definition) is 5. The Kier molecular flexibility index (Phi) is 4.81. The molecule has 1 saturated heterocycles. The highest BCUT2D eigenvalue weighted by atomic mass is 32.1. The first-order valence-corrected chi connectivity index (χ1v) is 8.41. The van der Waals surface area contributed by atoms with Crippen molar-refractivity contribution in [1.82, 2.24) is 10.2 Å². The summed E-state index contributed by atoms with van der Waals surface area (Å²) in [5.74, 6) is -1.23. The van der Waals surface area contributed by atoms with Gasteiger partial charge >= 0.3 is 0 Å². The molecule has 0 saturated carbocycles. The minimum Gasteiger partial charge on any atom is -0.463 e. The van der Waals surface area contributed by atoms with E-state index in [1.54, 1.807) is 12.1 Å². The Balaban J connectivity index is 2.11. The van der Waals surface area contributed by atoms with Crippen LogP contribution in [0.5, 0.6) is 0 Å². The lowest BCUT2D eigenvalue weighted by Crippen LogP contribution is -2.53. The van der Waals surface area contributed by atoms with Crippen molar-refractivity contribution in [3.63, 3.8) is 0 Å². The molecule has 6 nitrogen and oxygen atoms in total. The molecular weight excluding hydrogens is 352 g/mol. The Hall–Kier alpha value is -3.06. The van der Waals surface area contributed by atoms with Crippen molar-refractivity contribution in [3.05, 3.63) is 64.0 Å². The standard InChI is InChI=1S/C19H16N2O4S/c1-3-7-21-18(24)14(17(23)20-19(21)26)9-12-10-25-15-6-5-11(4-2)8-13(15)16(12)22/h3,5-6,8-10H,1,4,7H2,2H3,(H,20,23,26). The average Bonchev–Trinajstić information content (AvgIpc) is 2.63. The van der Waals surface area contributed by atoms with Gasteiger partial charge in [0.25, 0.3) is 11.8 Å². The smallest absolute Gasteiger partial charge is 0.265 e. The fourth-order valence-corrected chi connectivity index (χ4v) is 2.91. The van der Waals surface area contributed by atoms with Crippen LogP contribution in [0.25, 0.3) is 17.0 Å². The summed E-state index contributed by atoms with van der Waals surface area (Å²) >= 11 is 5.00. The highest BCUT2D eigenvalue weighted by molar-refractivity contribution is 7.80. The van der Waals surface area contributed by atoms with Crippen LogP contribution in [0.15, 0.2) is 51.9 Å². The van der Waals surface area contributed by atoms with Gasteiger partial charge in [-0.1, -0.05) is 19.1 Å². The normalized spacial score (nSPS) is 16.3. The third-order valence-electron chi connectivity index (χ3n) is 4.07. The van der Waals surface area contributed by atoms with Gasteiger partial charge in [-0.15, -0.1) is 6.58 Å². The first-order chi connectivity index (χ1) is 12.5. The molecule has 0 bridgehead atoms. The lowest BCUT2D eigenvalue weighted by atomic mass is 10.1. The number of carbonyl (C=O) groups excluding carboxylic acids is 2. The maximum atomic E-state index is 12.8. The Bertz CT molecular complexity index is 1040. The van der Waals surface area contributed by atoms with E-state index in [2.05, 4.69) is 11.9 Å². The fraction of sp³-hybridized carbons (Fsp3) is 0.158. The molecule has 1 aliphatic heterocycles. The Morgan fingerprint density at radius 3 is 2.77 bits per heavy atom. The van der Waals surface area contributed by atoms with Gasteiger partial charge in [-0.05, 0) is 42.4 Å². The van der Waals surface area contributed by atoms with E-state index in [4.69, 9.17) is 16.6 Å². The molecule has 1 N–H and O–H groups in total. The summed E-state index contributed by atoms with van der Waals surface area (Å²) < 4.78 is 5.49. The van der Waals surface area contributed by atoms with Gasteiger partial charge in [-0.25, -0.2) is 0 Å². The summed E-state index contributed by atoms with van der Waals surface area (Å²) in [5.41, 5.74) is 1.07. The average molecular weight is 368 g/mol. The van der Waals surface area contributed by atoms with Crippen LogP contribution in [-0.2, 0) is 16.0 Å². The predicted molar refractivity (Wildman–Crippen MR) is 102 cm³/mol. The van der Waals surface area contributed by atoms with Crippen molar-refractivity contribution in [2.24, 2.45) is 0 Å². The van der Waals surface area contributed by atoms with E-state index in [1.165, 1.54) is 23.3 Å². The Morgan fingerprint density at radius 2 is 2.08 bits per heavy atom. The maximum absolute atomic E-state index is 12.8. The van der Waals surface area contributed by atoms with Crippen molar-refractivity contribution >= 4 is 46.2 Å². The molecule has 0 atom stereocenters. The molecule has 26 heavy (non-hydrogen) atoms. The van der Waals surface area contributed by atoms with E-state index in [-0.39, 0.29) is 28.2 Å². The Morgan fingerprint density at radius 1 is 1.31 bits per heavy atom. The number of hydrogen-bond donors (Lipinski definition) is 1. The van der Waals surface area contributed by atoms with Crippen LogP contribution in [0.1, 0.15) is 18.1 Å². The fourth-order valence-electron chi connectivity index (χ4n) is 2.66. The monoisotopic (exact) mass is 368 g/mol. The van der Waals surface area contributed by atoms with E-state index in [1.807, 2.05) is 13.0 Å². The van der Waals surface area contributed by atoms with Crippen molar-refractivity contribution in [3.8, 4) is 0 Å². The summed E-state index contributed by atoms with van der Waals surface area (Å²) in [6.45, 7) is 5.70. The zero-order chi connectivity index (χ0) is 18.8. The summed E-state index contributed by atoms with van der Waals surface area (Å²) in [6.07, 6.45) is 4.75. The highest BCUT2D eigenvalue weighted by Gasteiger charge is 2.32. The summed E-state index contributed by atoms with van der Waals surface area (Å²) in [4.78, 5) is 38.7. The molecule has 0 aliphatic carbocycles. The number of benzene rings is 1. The van der Waals surface area contributed by atoms with E-state index in [9.17, 15) is 14.4 Å². The molecule has 2 heterocycles. The minimum atomic E-state index is -0.651. The van der Waals surface area contributed by atoms with Crippen LogP contribution in [0, 0.1) is 0 Å². The van der Waals surface area contributed by atoms with Crippen LogP contribution in [0.3, 0.4) is 0 Å². The molecule has 2 aromatic rings. The molecular formula is C19H16N2O4S. The number of thiocarbonyl (C=S) groups is 1. The SMILES string of the molecule is C=CCN1C(=O)C(=Cc2coc3ccc(CC)cc3c2=O)C(=O)NC1=S. The lowest BCUT2D eigenvalue weighted by Gasteiger charge is -2.27. The first kappa shape index (κ1) is 17.8. The number of aryl methyl sites for hydroxylation is 1. The van der Waals surface area contributed by atoms with Crippen LogP contribution in [0.4, 0.5) is 0 Å². The number of rotatable bonds is 4. The maximum Gasteiger partial charge on any atom is 0.265 e. The summed E-state index contributed by atoms with van der Waals surface area (Å²) in [5, 5.41) is 2.85. The third-order valence-corrected chi connectivity index (χ3v) is 4.39. The van der Waals surface area contributed by atoms with Crippen molar-refractivity contribution in [2.75, 3.05) is 6.54 Å². The molecule has 2 amide bonds. The van der Waals surface area contributed by atoms with Gasteiger partial charge < -0.3 is 4.42 Å². The summed E-state index contributed by atoms with van der Waals surface area (Å²) in [7, 11) is 0. The molecule has 0 unspecified atom stereocenters. The van der Waals surface area contributed by atoms with Crippen LogP contribution in [-0.4, -0.2) is 28.4 Å². The van der Waals surface area contributed by atoms with Gasteiger partial charge in [0.2, 0.25) is 0 Å². The van der Waals surface area contributed by atoms with Crippen LogP contribution < -0.4 is 10.7 Å². The first-order valence-electron chi connectivity index (χ1n) is 8.00. The number of nitrogens with one attached hydrogen (secondary N) is 1. The quantitative estimate of drug-likeness (QED) is 0.387. The molecule has 0 spiro atoms. The molecule has 1 fully saturated rings. The second-order valence-corrected chi connectivity index (χ2v) is 6.11. The highest BCUT2D eigenvalue weighted by Crippen LogP contribution is 2.17. The van der Waals surface area contributed by atoms with Crippen molar-refractivity contribution in [2.45, 2.75) is 13.3 Å². The molecule has 0 radical (unpaired) electrons. The van der Waals surface area contributed by atoms with Gasteiger partial charge in [-0.3, -0.25) is 24.6 Å². The topological polar surface area (TPSA) is 79.6 Å². The van der Waals surface area contributed by atoms with Crippen LogP contribution in [0.2, 0.25) is 0 Å².